The van der Waals surface area contributed by atoms with Crippen LogP contribution in [0.5, 0.6) is 0 Å². The average molecular weight is 303 g/mol. The lowest BCUT2D eigenvalue weighted by atomic mass is 10.1. The summed E-state index contributed by atoms with van der Waals surface area (Å²) in [6.45, 7) is 1.53. The quantitative estimate of drug-likeness (QED) is 0.857. The van der Waals surface area contributed by atoms with Gasteiger partial charge in [0.25, 0.3) is 5.91 Å². The number of benzene rings is 1. The van der Waals surface area contributed by atoms with Crippen molar-refractivity contribution in [3.05, 3.63) is 57.5 Å². The maximum absolute atomic E-state index is 13.3. The van der Waals surface area contributed by atoms with Gasteiger partial charge in [-0.1, -0.05) is 11.8 Å². The number of carbonyl (C=O) groups excluding carboxylic acids is 1. The Hall–Kier alpha value is -2.16. The Morgan fingerprint density at radius 3 is 2.95 bits per heavy atom. The molecule has 5 heteroatoms. The van der Waals surface area contributed by atoms with Crippen molar-refractivity contribution in [2.24, 2.45) is 0 Å². The molecule has 0 bridgehead atoms. The minimum Gasteiger partial charge on any atom is -0.384 e. The van der Waals surface area contributed by atoms with Gasteiger partial charge in [0.05, 0.1) is 11.6 Å². The molecule has 1 amide bonds. The van der Waals surface area contributed by atoms with Gasteiger partial charge in [0.2, 0.25) is 0 Å². The Balaban J connectivity index is 2.22. The first-order valence-corrected chi connectivity index (χ1v) is 7.28. The van der Waals surface area contributed by atoms with Crippen LogP contribution in [0.15, 0.2) is 35.0 Å². The van der Waals surface area contributed by atoms with Crippen molar-refractivity contribution in [3.8, 4) is 11.8 Å². The van der Waals surface area contributed by atoms with E-state index in [1.165, 1.54) is 18.2 Å². The lowest BCUT2D eigenvalue weighted by Crippen LogP contribution is -2.27. The topological polar surface area (TPSA) is 49.3 Å². The molecule has 108 valence electrons. The molecule has 21 heavy (non-hydrogen) atoms. The summed E-state index contributed by atoms with van der Waals surface area (Å²) in [4.78, 5) is 12.3. The molecule has 1 heterocycles. The highest BCUT2D eigenvalue weighted by molar-refractivity contribution is 7.07. The Morgan fingerprint density at radius 2 is 2.29 bits per heavy atom. The fourth-order valence-corrected chi connectivity index (χ4v) is 2.59. The number of aliphatic hydroxyl groups is 1. The SMILES string of the molecule is CC(NC(=O)c1ccc(F)cc1C#CCO)c1ccsc1. The van der Waals surface area contributed by atoms with Crippen LogP contribution in [0.4, 0.5) is 4.39 Å². The molecule has 0 radical (unpaired) electrons. The van der Waals surface area contributed by atoms with E-state index in [1.54, 1.807) is 11.3 Å². The fourth-order valence-electron chi connectivity index (χ4n) is 1.83. The summed E-state index contributed by atoms with van der Waals surface area (Å²) in [5.41, 5.74) is 1.57. The number of aliphatic hydroxyl groups excluding tert-OH is 1. The first-order chi connectivity index (χ1) is 10.1. The van der Waals surface area contributed by atoms with Gasteiger partial charge in [-0.2, -0.15) is 11.3 Å². The van der Waals surface area contributed by atoms with Crippen LogP contribution in [0.25, 0.3) is 0 Å². The molecular weight excluding hydrogens is 289 g/mol. The molecule has 0 fully saturated rings. The van der Waals surface area contributed by atoms with Crippen LogP contribution < -0.4 is 5.32 Å². The number of amides is 1. The number of thiophene rings is 1. The first kappa shape index (κ1) is 15.2. The predicted octanol–water partition coefficient (Wildman–Crippen LogP) is 2.72. The normalized spacial score (nSPS) is 11.4. The minimum atomic E-state index is -0.473. The van der Waals surface area contributed by atoms with Gasteiger partial charge < -0.3 is 10.4 Å². The molecule has 0 saturated heterocycles. The zero-order valence-corrected chi connectivity index (χ0v) is 12.2. The highest BCUT2D eigenvalue weighted by atomic mass is 32.1. The number of nitrogens with one attached hydrogen (secondary N) is 1. The molecule has 0 aliphatic heterocycles. The Kier molecular flexibility index (Phi) is 5.09. The zero-order chi connectivity index (χ0) is 15.2. The summed E-state index contributed by atoms with van der Waals surface area (Å²) in [7, 11) is 0. The lowest BCUT2D eigenvalue weighted by molar-refractivity contribution is 0.0939. The highest BCUT2D eigenvalue weighted by Crippen LogP contribution is 2.17. The molecule has 2 N–H and O–H groups in total. The van der Waals surface area contributed by atoms with Crippen LogP contribution in [0.3, 0.4) is 0 Å². The number of hydrogen-bond acceptors (Lipinski definition) is 3. The molecule has 2 rings (SSSR count). The summed E-state index contributed by atoms with van der Waals surface area (Å²) in [5.74, 6) is 4.23. The second-order valence-corrected chi connectivity index (χ2v) is 5.18. The maximum atomic E-state index is 13.3. The zero-order valence-electron chi connectivity index (χ0n) is 11.4. The van der Waals surface area contributed by atoms with Gasteiger partial charge in [-0.3, -0.25) is 4.79 Å². The summed E-state index contributed by atoms with van der Waals surface area (Å²) in [6.07, 6.45) is 0. The van der Waals surface area contributed by atoms with Crippen molar-refractivity contribution >= 4 is 17.2 Å². The largest absolute Gasteiger partial charge is 0.384 e. The number of rotatable bonds is 3. The van der Waals surface area contributed by atoms with Crippen LogP contribution >= 0.6 is 11.3 Å². The highest BCUT2D eigenvalue weighted by Gasteiger charge is 2.15. The van der Waals surface area contributed by atoms with Gasteiger partial charge in [0.1, 0.15) is 12.4 Å². The Labute approximate surface area is 126 Å². The van der Waals surface area contributed by atoms with Gasteiger partial charge in [-0.25, -0.2) is 4.39 Å². The molecule has 0 aliphatic carbocycles. The average Bonchev–Trinajstić information content (AvgIpc) is 2.99. The van der Waals surface area contributed by atoms with Crippen molar-refractivity contribution in [2.75, 3.05) is 6.61 Å². The van der Waals surface area contributed by atoms with Crippen molar-refractivity contribution < 1.29 is 14.3 Å². The molecule has 3 nitrogen and oxygen atoms in total. The van der Waals surface area contributed by atoms with E-state index in [9.17, 15) is 9.18 Å². The molecule has 1 aromatic heterocycles. The molecule has 1 aromatic carbocycles. The molecular formula is C16H14FNO2S. The van der Waals surface area contributed by atoms with Crippen molar-refractivity contribution in [2.45, 2.75) is 13.0 Å². The van der Waals surface area contributed by atoms with E-state index in [4.69, 9.17) is 5.11 Å². The fraction of sp³-hybridized carbons (Fsp3) is 0.188. The summed E-state index contributed by atoms with van der Waals surface area (Å²) < 4.78 is 13.3. The monoisotopic (exact) mass is 303 g/mol. The van der Waals surface area contributed by atoms with Crippen LogP contribution in [0, 0.1) is 17.7 Å². The van der Waals surface area contributed by atoms with E-state index in [1.807, 2.05) is 23.8 Å². The molecule has 1 unspecified atom stereocenters. The smallest absolute Gasteiger partial charge is 0.253 e. The second kappa shape index (κ2) is 7.02. The molecule has 0 spiro atoms. The van der Waals surface area contributed by atoms with Gasteiger partial charge in [0, 0.05) is 5.56 Å². The summed E-state index contributed by atoms with van der Waals surface area (Å²) >= 11 is 1.56. The van der Waals surface area contributed by atoms with E-state index in [0.29, 0.717) is 5.56 Å². The third kappa shape index (κ3) is 3.91. The van der Waals surface area contributed by atoms with Gasteiger partial charge in [-0.05, 0) is 47.5 Å². The Morgan fingerprint density at radius 1 is 1.48 bits per heavy atom. The van der Waals surface area contributed by atoms with Gasteiger partial charge in [0.15, 0.2) is 0 Å². The van der Waals surface area contributed by atoms with E-state index < -0.39 is 5.82 Å². The minimum absolute atomic E-state index is 0.146. The first-order valence-electron chi connectivity index (χ1n) is 6.34. The van der Waals surface area contributed by atoms with E-state index in [2.05, 4.69) is 17.2 Å². The van der Waals surface area contributed by atoms with Crippen LogP contribution in [-0.2, 0) is 0 Å². The standard InChI is InChI=1S/C16H14FNO2S/c1-11(13-6-8-21-10-13)18-16(20)15-5-4-14(17)9-12(15)3-2-7-19/h4-6,8-11,19H,7H2,1H3,(H,18,20). The summed E-state index contributed by atoms with van der Waals surface area (Å²) in [6, 6.07) is 5.59. The van der Waals surface area contributed by atoms with Crippen molar-refractivity contribution in [1.82, 2.24) is 5.32 Å². The van der Waals surface area contributed by atoms with Crippen LogP contribution in [0.2, 0.25) is 0 Å². The molecule has 1 atom stereocenters. The second-order valence-electron chi connectivity index (χ2n) is 4.40. The maximum Gasteiger partial charge on any atom is 0.253 e. The predicted molar refractivity (Wildman–Crippen MR) is 80.6 cm³/mol. The molecule has 2 aromatic rings. The number of carbonyl (C=O) groups is 1. The van der Waals surface area contributed by atoms with Crippen LogP contribution in [-0.4, -0.2) is 17.6 Å². The van der Waals surface area contributed by atoms with E-state index in [-0.39, 0.29) is 24.1 Å². The third-order valence-corrected chi connectivity index (χ3v) is 3.62. The Bertz CT molecular complexity index is 686. The van der Waals surface area contributed by atoms with Gasteiger partial charge in [-0.15, -0.1) is 0 Å². The molecule has 0 aliphatic rings. The van der Waals surface area contributed by atoms with Crippen molar-refractivity contribution in [1.29, 1.82) is 0 Å². The summed E-state index contributed by atoms with van der Waals surface area (Å²) in [5, 5.41) is 15.5. The lowest BCUT2D eigenvalue weighted by Gasteiger charge is -2.13. The van der Waals surface area contributed by atoms with Crippen molar-refractivity contribution in [3.63, 3.8) is 0 Å². The number of hydrogen-bond donors (Lipinski definition) is 2. The van der Waals surface area contributed by atoms with Crippen LogP contribution in [0.1, 0.15) is 34.5 Å². The van der Waals surface area contributed by atoms with E-state index in [0.717, 1.165) is 5.56 Å². The van der Waals surface area contributed by atoms with E-state index >= 15 is 0 Å². The van der Waals surface area contributed by atoms with Gasteiger partial charge >= 0.3 is 0 Å². The molecule has 0 saturated carbocycles. The number of halogens is 1. The third-order valence-electron chi connectivity index (χ3n) is 2.92.